The van der Waals surface area contributed by atoms with E-state index >= 15 is 0 Å². The summed E-state index contributed by atoms with van der Waals surface area (Å²) in [6.45, 7) is 9.85. The molecule has 0 rings (SSSR count). The zero-order valence-electron chi connectivity index (χ0n) is 8.53. The summed E-state index contributed by atoms with van der Waals surface area (Å²) in [6.07, 6.45) is 1.72. The van der Waals surface area contributed by atoms with Crippen LogP contribution in [0.4, 0.5) is 0 Å². The molecule has 0 amide bonds. The maximum atomic E-state index is 9.25. The van der Waals surface area contributed by atoms with Crippen LogP contribution in [0.1, 0.15) is 13.3 Å². The van der Waals surface area contributed by atoms with E-state index in [0.717, 1.165) is 18.1 Å². The Morgan fingerprint density at radius 3 is 2.29 bits per heavy atom. The highest BCUT2D eigenvalue weighted by Crippen LogP contribution is 1.94. The van der Waals surface area contributed by atoms with Crippen LogP contribution in [-0.2, 0) is 9.53 Å². The minimum atomic E-state index is -0.981. The van der Waals surface area contributed by atoms with Gasteiger partial charge in [0.2, 0.25) is 0 Å². The van der Waals surface area contributed by atoms with Crippen LogP contribution in [0, 0.1) is 0 Å². The molecule has 0 unspecified atom stereocenters. The molecule has 0 bridgehead atoms. The van der Waals surface area contributed by atoms with Crippen LogP contribution in [0.5, 0.6) is 0 Å². The van der Waals surface area contributed by atoms with Gasteiger partial charge in [-0.1, -0.05) is 12.2 Å². The Hall–Kier alpha value is -1.13. The summed E-state index contributed by atoms with van der Waals surface area (Å²) in [6, 6.07) is 0. The van der Waals surface area contributed by atoms with Crippen molar-refractivity contribution in [1.82, 2.24) is 0 Å². The molecule has 4 heteroatoms. The first kappa shape index (κ1) is 15.3. The summed E-state index contributed by atoms with van der Waals surface area (Å²) in [5.74, 6) is -0.981. The van der Waals surface area contributed by atoms with Crippen LogP contribution < -0.4 is 0 Å². The van der Waals surface area contributed by atoms with Crippen molar-refractivity contribution in [3.05, 3.63) is 24.8 Å². The van der Waals surface area contributed by atoms with Crippen LogP contribution in [0.2, 0.25) is 0 Å². The minimum Gasteiger partial charge on any atom is -0.478 e. The molecule has 2 N–H and O–H groups in total. The largest absolute Gasteiger partial charge is 0.478 e. The van der Waals surface area contributed by atoms with Gasteiger partial charge in [0.05, 0.1) is 19.8 Å². The number of hydrogen-bond donors (Lipinski definition) is 2. The van der Waals surface area contributed by atoms with E-state index in [1.165, 1.54) is 0 Å². The molecule has 82 valence electrons. The molecular weight excluding hydrogens is 184 g/mol. The van der Waals surface area contributed by atoms with Crippen molar-refractivity contribution in [3.8, 4) is 0 Å². The smallest absolute Gasteiger partial charge is 0.327 e. The van der Waals surface area contributed by atoms with E-state index in [2.05, 4.69) is 13.2 Å². The highest BCUT2D eigenvalue weighted by atomic mass is 16.5. The Kier molecular flexibility index (Phi) is 13.0. The van der Waals surface area contributed by atoms with Crippen LogP contribution in [0.3, 0.4) is 0 Å². The predicted molar refractivity (Wildman–Crippen MR) is 55.2 cm³/mol. The average Bonchev–Trinajstić information content (AvgIpc) is 2.13. The number of carbonyl (C=O) groups is 1. The van der Waals surface area contributed by atoms with E-state index < -0.39 is 5.97 Å². The maximum absolute atomic E-state index is 9.25. The lowest BCUT2D eigenvalue weighted by Gasteiger charge is -1.99. The monoisotopic (exact) mass is 202 g/mol. The number of rotatable bonds is 6. The number of carboxylic acids is 1. The molecule has 0 aliphatic heterocycles. The van der Waals surface area contributed by atoms with Gasteiger partial charge >= 0.3 is 5.97 Å². The third kappa shape index (κ3) is 22.4. The topological polar surface area (TPSA) is 66.8 Å². The molecule has 0 aromatic rings. The van der Waals surface area contributed by atoms with Crippen LogP contribution in [-0.4, -0.2) is 36.0 Å². The first-order valence-corrected chi connectivity index (χ1v) is 4.23. The first-order chi connectivity index (χ1) is 6.54. The second-order valence-corrected chi connectivity index (χ2v) is 2.59. The van der Waals surface area contributed by atoms with Gasteiger partial charge in [-0.15, -0.1) is 6.58 Å². The molecule has 0 aliphatic rings. The molecule has 0 radical (unpaired) electrons. The SMILES string of the molecule is C=C(C)CCOCCO.C=CC(=O)O. The van der Waals surface area contributed by atoms with E-state index in [1.54, 1.807) is 0 Å². The van der Waals surface area contributed by atoms with E-state index in [1.807, 2.05) is 6.92 Å². The van der Waals surface area contributed by atoms with E-state index in [4.69, 9.17) is 14.9 Å². The van der Waals surface area contributed by atoms with Gasteiger partial charge in [0, 0.05) is 6.08 Å². The molecule has 4 nitrogen and oxygen atoms in total. The number of carboxylic acid groups (broad SMARTS) is 1. The van der Waals surface area contributed by atoms with Crippen molar-refractivity contribution in [2.75, 3.05) is 19.8 Å². The minimum absolute atomic E-state index is 0.107. The summed E-state index contributed by atoms with van der Waals surface area (Å²) >= 11 is 0. The normalized spacial score (nSPS) is 8.43. The van der Waals surface area contributed by atoms with Crippen molar-refractivity contribution in [3.63, 3.8) is 0 Å². The van der Waals surface area contributed by atoms with Crippen LogP contribution in [0.15, 0.2) is 24.8 Å². The number of aliphatic carboxylic acids is 1. The Labute approximate surface area is 84.5 Å². The van der Waals surface area contributed by atoms with Crippen molar-refractivity contribution >= 4 is 5.97 Å². The summed E-state index contributed by atoms with van der Waals surface area (Å²) in [5, 5.41) is 15.9. The van der Waals surface area contributed by atoms with Crippen molar-refractivity contribution in [1.29, 1.82) is 0 Å². The molecule has 0 heterocycles. The Morgan fingerprint density at radius 2 is 2.00 bits per heavy atom. The molecule has 0 aliphatic carbocycles. The fourth-order valence-electron chi connectivity index (χ4n) is 0.413. The predicted octanol–water partition coefficient (Wildman–Crippen LogP) is 1.22. The maximum Gasteiger partial charge on any atom is 0.327 e. The Bertz CT molecular complexity index is 175. The highest BCUT2D eigenvalue weighted by molar-refractivity contribution is 5.78. The van der Waals surface area contributed by atoms with Gasteiger partial charge in [0.25, 0.3) is 0 Å². The summed E-state index contributed by atoms with van der Waals surface area (Å²) in [4.78, 5) is 9.25. The van der Waals surface area contributed by atoms with Gasteiger partial charge < -0.3 is 14.9 Å². The lowest BCUT2D eigenvalue weighted by molar-refractivity contribution is -0.131. The number of aliphatic hydroxyl groups is 1. The molecule has 0 aromatic heterocycles. The number of aliphatic hydroxyl groups excluding tert-OH is 1. The molecule has 0 saturated carbocycles. The fraction of sp³-hybridized carbons (Fsp3) is 0.500. The van der Waals surface area contributed by atoms with Crippen molar-refractivity contribution in [2.45, 2.75) is 13.3 Å². The summed E-state index contributed by atoms with van der Waals surface area (Å²) < 4.78 is 4.98. The molecule has 0 aromatic carbocycles. The molecule has 0 saturated heterocycles. The zero-order chi connectivity index (χ0) is 11.4. The van der Waals surface area contributed by atoms with E-state index in [9.17, 15) is 4.79 Å². The van der Waals surface area contributed by atoms with E-state index in [-0.39, 0.29) is 6.61 Å². The van der Waals surface area contributed by atoms with Gasteiger partial charge in [-0.2, -0.15) is 0 Å². The summed E-state index contributed by atoms with van der Waals surface area (Å²) in [7, 11) is 0. The van der Waals surface area contributed by atoms with Gasteiger partial charge in [0.1, 0.15) is 0 Å². The third-order valence-corrected chi connectivity index (χ3v) is 1.08. The van der Waals surface area contributed by atoms with Crippen LogP contribution >= 0.6 is 0 Å². The van der Waals surface area contributed by atoms with Crippen molar-refractivity contribution in [2.24, 2.45) is 0 Å². The Balaban J connectivity index is 0. The first-order valence-electron chi connectivity index (χ1n) is 4.23. The second kappa shape index (κ2) is 11.9. The van der Waals surface area contributed by atoms with E-state index in [0.29, 0.717) is 13.2 Å². The second-order valence-electron chi connectivity index (χ2n) is 2.59. The number of ether oxygens (including phenoxy) is 1. The quantitative estimate of drug-likeness (QED) is 0.386. The molecule has 0 spiro atoms. The number of hydrogen-bond acceptors (Lipinski definition) is 3. The average molecular weight is 202 g/mol. The molecular formula is C10H18O4. The van der Waals surface area contributed by atoms with Gasteiger partial charge in [-0.25, -0.2) is 4.79 Å². The lowest BCUT2D eigenvalue weighted by atomic mass is 10.3. The highest BCUT2D eigenvalue weighted by Gasteiger charge is 1.86. The van der Waals surface area contributed by atoms with Gasteiger partial charge in [-0.3, -0.25) is 0 Å². The standard InChI is InChI=1S/C7H14O2.C3H4O2/c1-7(2)3-5-9-6-4-8;1-2-3(4)5/h8H,1,3-6H2,2H3;2H,1H2,(H,4,5). The molecule has 14 heavy (non-hydrogen) atoms. The lowest BCUT2D eigenvalue weighted by Crippen LogP contribution is -2.00. The fourth-order valence-corrected chi connectivity index (χ4v) is 0.413. The van der Waals surface area contributed by atoms with Gasteiger partial charge in [-0.05, 0) is 13.3 Å². The Morgan fingerprint density at radius 1 is 1.50 bits per heavy atom. The summed E-state index contributed by atoms with van der Waals surface area (Å²) in [5.41, 5.74) is 1.12. The van der Waals surface area contributed by atoms with Crippen LogP contribution in [0.25, 0.3) is 0 Å². The zero-order valence-corrected chi connectivity index (χ0v) is 8.53. The van der Waals surface area contributed by atoms with Crippen molar-refractivity contribution < 1.29 is 19.7 Å². The van der Waals surface area contributed by atoms with Gasteiger partial charge in [0.15, 0.2) is 0 Å². The molecule has 0 atom stereocenters. The molecule has 0 fully saturated rings. The third-order valence-electron chi connectivity index (χ3n) is 1.08.